The van der Waals surface area contributed by atoms with Crippen molar-refractivity contribution >= 4 is 44.9 Å². The topological polar surface area (TPSA) is 54.4 Å². The molecule has 0 bridgehead atoms. The lowest BCUT2D eigenvalue weighted by Gasteiger charge is -2.05. The van der Waals surface area contributed by atoms with Gasteiger partial charge in [-0.1, -0.05) is 34.8 Å². The Hall–Kier alpha value is 0.780. The van der Waals surface area contributed by atoms with Crippen LogP contribution in [0, 0.1) is 0 Å². The highest BCUT2D eigenvalue weighted by atomic mass is 35.6. The zero-order valence-corrected chi connectivity index (χ0v) is 7.10. The molecule has 0 amide bonds. The molecule has 0 spiro atoms. The number of halogens is 3. The van der Waals surface area contributed by atoms with Crippen LogP contribution in [0.25, 0.3) is 0 Å². The molecule has 0 aromatic carbocycles. The first kappa shape index (κ1) is 9.78. The van der Waals surface area contributed by atoms with Crippen molar-refractivity contribution in [1.82, 2.24) is 0 Å². The molecule has 0 aromatic heterocycles. The number of hydrogen-bond donors (Lipinski definition) is 1. The van der Waals surface area contributed by atoms with E-state index in [0.717, 1.165) is 0 Å². The van der Waals surface area contributed by atoms with Gasteiger partial charge in [0.2, 0.25) is 3.79 Å². The molecule has 0 aliphatic carbocycles. The third kappa shape index (κ3) is 8.78. The molecule has 0 atom stereocenters. The summed E-state index contributed by atoms with van der Waals surface area (Å²) in [5, 5.41) is 0. The fraction of sp³-hybridized carbons (Fsp3) is 1.00. The largest absolute Gasteiger partial charge is 0.285 e. The van der Waals surface area contributed by atoms with Crippen LogP contribution in [0.5, 0.6) is 0 Å². The van der Waals surface area contributed by atoms with E-state index in [1.807, 2.05) is 0 Å². The minimum absolute atomic E-state index is 0.884. The molecule has 0 rings (SSSR count). The Balaban J connectivity index is 4.07. The fourth-order valence-electron chi connectivity index (χ4n) is 0.207. The van der Waals surface area contributed by atoms with Crippen LogP contribution in [0.4, 0.5) is 0 Å². The Morgan fingerprint density at radius 2 is 1.67 bits per heavy atom. The Morgan fingerprint density at radius 1 is 1.33 bits per heavy atom. The zero-order chi connectivity index (χ0) is 7.71. The van der Waals surface area contributed by atoms with Gasteiger partial charge in [0.15, 0.2) is 0 Å². The van der Waals surface area contributed by atoms with Gasteiger partial charge in [0.25, 0.3) is 10.1 Å². The number of rotatable bonds is 1. The highest BCUT2D eigenvalue weighted by Gasteiger charge is 2.26. The molecular formula is C2H3Cl3O3S. The summed E-state index contributed by atoms with van der Waals surface area (Å²) in [4.78, 5) is 0. The molecule has 7 heteroatoms. The van der Waals surface area contributed by atoms with Crippen LogP contribution < -0.4 is 0 Å². The smallest absolute Gasteiger partial charge is 0.269 e. The monoisotopic (exact) mass is 212 g/mol. The van der Waals surface area contributed by atoms with Crippen molar-refractivity contribution in [1.29, 1.82) is 0 Å². The van der Waals surface area contributed by atoms with Gasteiger partial charge in [-0.3, -0.25) is 4.55 Å². The average Bonchev–Trinajstić information content (AvgIpc) is 1.14. The van der Waals surface area contributed by atoms with Crippen molar-refractivity contribution in [2.75, 3.05) is 5.75 Å². The molecule has 9 heavy (non-hydrogen) atoms. The minimum atomic E-state index is -4.18. The summed E-state index contributed by atoms with van der Waals surface area (Å²) in [6, 6.07) is 0. The van der Waals surface area contributed by atoms with Crippen molar-refractivity contribution < 1.29 is 13.0 Å². The van der Waals surface area contributed by atoms with Crippen molar-refractivity contribution in [3.63, 3.8) is 0 Å². The number of alkyl halides is 3. The van der Waals surface area contributed by atoms with Crippen LogP contribution in [0.1, 0.15) is 0 Å². The van der Waals surface area contributed by atoms with Gasteiger partial charge in [-0.05, 0) is 0 Å². The second-order valence-corrected chi connectivity index (χ2v) is 5.31. The maximum absolute atomic E-state index is 9.95. The highest BCUT2D eigenvalue weighted by Crippen LogP contribution is 2.26. The Kier molecular flexibility index (Phi) is 3.04. The summed E-state index contributed by atoms with van der Waals surface area (Å²) in [6.45, 7) is 0. The minimum Gasteiger partial charge on any atom is -0.285 e. The first-order valence-electron chi connectivity index (χ1n) is 1.73. The van der Waals surface area contributed by atoms with Gasteiger partial charge in [0.05, 0.1) is 0 Å². The van der Waals surface area contributed by atoms with Crippen LogP contribution in [0.3, 0.4) is 0 Å². The summed E-state index contributed by atoms with van der Waals surface area (Å²) in [6.07, 6.45) is 0. The summed E-state index contributed by atoms with van der Waals surface area (Å²) >= 11 is 15.0. The molecule has 0 aromatic rings. The molecule has 0 saturated carbocycles. The van der Waals surface area contributed by atoms with Crippen LogP contribution in [-0.2, 0) is 10.1 Å². The molecule has 0 saturated heterocycles. The first-order valence-corrected chi connectivity index (χ1v) is 4.47. The Bertz CT molecular complexity index is 178. The summed E-state index contributed by atoms with van der Waals surface area (Å²) < 4.78 is 26.0. The maximum atomic E-state index is 9.95. The zero-order valence-electron chi connectivity index (χ0n) is 4.01. The standard InChI is InChI=1S/C2H3Cl3O3S/c3-2(4,5)1-9(6,7)8/h1H2,(H,6,7,8). The molecule has 0 heterocycles. The molecule has 0 unspecified atom stereocenters. The van der Waals surface area contributed by atoms with Gasteiger partial charge < -0.3 is 0 Å². The van der Waals surface area contributed by atoms with E-state index in [0.29, 0.717) is 0 Å². The summed E-state index contributed by atoms with van der Waals surface area (Å²) in [5.41, 5.74) is 0. The predicted molar refractivity (Wildman–Crippen MR) is 36.7 cm³/mol. The first-order chi connectivity index (χ1) is 3.71. The van der Waals surface area contributed by atoms with Crippen LogP contribution in [0.2, 0.25) is 0 Å². The van der Waals surface area contributed by atoms with E-state index in [4.69, 9.17) is 39.4 Å². The second kappa shape index (κ2) is 2.80. The molecule has 0 radical (unpaired) electrons. The SMILES string of the molecule is O=S(=O)(O)CC(Cl)(Cl)Cl. The van der Waals surface area contributed by atoms with Gasteiger partial charge in [0, 0.05) is 0 Å². The van der Waals surface area contributed by atoms with E-state index in [-0.39, 0.29) is 0 Å². The van der Waals surface area contributed by atoms with Crippen molar-refractivity contribution in [3.05, 3.63) is 0 Å². The van der Waals surface area contributed by atoms with E-state index in [1.165, 1.54) is 0 Å². The van der Waals surface area contributed by atoms with Crippen LogP contribution in [-0.4, -0.2) is 22.5 Å². The lowest BCUT2D eigenvalue weighted by Crippen LogP contribution is -2.18. The molecule has 3 nitrogen and oxygen atoms in total. The van der Waals surface area contributed by atoms with E-state index < -0.39 is 19.7 Å². The molecule has 0 aliphatic heterocycles. The highest BCUT2D eigenvalue weighted by molar-refractivity contribution is 7.86. The van der Waals surface area contributed by atoms with E-state index in [2.05, 4.69) is 0 Å². The Morgan fingerprint density at radius 3 is 1.67 bits per heavy atom. The molecular weight excluding hydrogens is 210 g/mol. The molecule has 0 aliphatic rings. The van der Waals surface area contributed by atoms with Crippen molar-refractivity contribution in [3.8, 4) is 0 Å². The fourth-order valence-corrected chi connectivity index (χ4v) is 1.86. The maximum Gasteiger partial charge on any atom is 0.269 e. The summed E-state index contributed by atoms with van der Waals surface area (Å²) in [5.74, 6) is -0.884. The lowest BCUT2D eigenvalue weighted by atomic mass is 10.9. The summed E-state index contributed by atoms with van der Waals surface area (Å²) in [7, 11) is -4.18. The van der Waals surface area contributed by atoms with Crippen molar-refractivity contribution in [2.45, 2.75) is 3.79 Å². The van der Waals surface area contributed by atoms with Gasteiger partial charge >= 0.3 is 0 Å². The van der Waals surface area contributed by atoms with Gasteiger partial charge in [-0.15, -0.1) is 0 Å². The molecule has 0 fully saturated rings. The van der Waals surface area contributed by atoms with E-state index >= 15 is 0 Å². The van der Waals surface area contributed by atoms with Gasteiger partial charge in [0.1, 0.15) is 5.75 Å². The second-order valence-electron chi connectivity index (χ2n) is 1.34. The van der Waals surface area contributed by atoms with Crippen molar-refractivity contribution in [2.24, 2.45) is 0 Å². The van der Waals surface area contributed by atoms with E-state index in [1.54, 1.807) is 0 Å². The lowest BCUT2D eigenvalue weighted by molar-refractivity contribution is 0.483. The molecule has 1 N–H and O–H groups in total. The van der Waals surface area contributed by atoms with E-state index in [9.17, 15) is 8.42 Å². The normalized spacial score (nSPS) is 13.8. The van der Waals surface area contributed by atoms with Crippen LogP contribution in [0.15, 0.2) is 0 Å². The molecule has 56 valence electrons. The predicted octanol–water partition coefficient (Wildman–Crippen LogP) is 1.24. The van der Waals surface area contributed by atoms with Crippen LogP contribution >= 0.6 is 34.8 Å². The average molecular weight is 213 g/mol. The number of hydrogen-bond acceptors (Lipinski definition) is 2. The third-order valence-corrected chi connectivity index (χ3v) is 2.02. The van der Waals surface area contributed by atoms with Gasteiger partial charge in [-0.2, -0.15) is 8.42 Å². The van der Waals surface area contributed by atoms with Gasteiger partial charge in [-0.25, -0.2) is 0 Å². The Labute approximate surface area is 67.6 Å². The third-order valence-electron chi connectivity index (χ3n) is 0.346. The quantitative estimate of drug-likeness (QED) is 0.527.